The van der Waals surface area contributed by atoms with Crippen molar-refractivity contribution in [2.24, 2.45) is 5.92 Å². The van der Waals surface area contributed by atoms with E-state index in [0.717, 1.165) is 30.5 Å². The van der Waals surface area contributed by atoms with E-state index < -0.39 is 0 Å². The molecular weight excluding hydrogens is 194 g/mol. The van der Waals surface area contributed by atoms with Crippen molar-refractivity contribution in [3.63, 3.8) is 0 Å². The number of hydrogen-bond acceptors (Lipinski definition) is 0. The zero-order chi connectivity index (χ0) is 9.80. The minimum Gasteiger partial charge on any atom is -0.242 e. The van der Waals surface area contributed by atoms with Crippen molar-refractivity contribution in [3.05, 3.63) is 34.9 Å². The molecule has 1 fully saturated rings. The molecule has 75 valence electrons. The average Bonchev–Trinajstić information content (AvgIpc) is 2.19. The van der Waals surface area contributed by atoms with Gasteiger partial charge in [-0.15, -0.1) is 0 Å². The van der Waals surface area contributed by atoms with Gasteiger partial charge in [-0.3, -0.25) is 0 Å². The van der Waals surface area contributed by atoms with Crippen LogP contribution in [-0.2, 0) is 6.42 Å². The van der Waals surface area contributed by atoms with Crippen LogP contribution in [0.2, 0.25) is 5.02 Å². The Morgan fingerprint density at radius 2 is 2.07 bits per heavy atom. The van der Waals surface area contributed by atoms with Crippen LogP contribution in [0.3, 0.4) is 0 Å². The third-order valence-corrected chi connectivity index (χ3v) is 3.04. The highest BCUT2D eigenvalue weighted by Crippen LogP contribution is 2.20. The smallest absolute Gasteiger partial charge is 0.0408 e. The molecular formula is C12H15ClN. The van der Waals surface area contributed by atoms with Crippen LogP contribution < -0.4 is 5.32 Å². The van der Waals surface area contributed by atoms with Crippen LogP contribution in [0.4, 0.5) is 0 Å². The summed E-state index contributed by atoms with van der Waals surface area (Å²) in [5, 5.41) is 5.21. The van der Waals surface area contributed by atoms with E-state index in [1.807, 2.05) is 12.1 Å². The maximum absolute atomic E-state index is 5.94. The number of hydrogen-bond donors (Lipinski definition) is 0. The molecule has 1 saturated heterocycles. The molecule has 1 aliphatic heterocycles. The van der Waals surface area contributed by atoms with E-state index in [2.05, 4.69) is 17.4 Å². The molecule has 0 N–H and O–H groups in total. The quantitative estimate of drug-likeness (QED) is 0.710. The Balaban J connectivity index is 1.95. The van der Waals surface area contributed by atoms with Crippen molar-refractivity contribution in [2.45, 2.75) is 19.3 Å². The number of benzene rings is 1. The highest BCUT2D eigenvalue weighted by Gasteiger charge is 2.13. The molecule has 0 saturated carbocycles. The third-order valence-electron chi connectivity index (χ3n) is 2.80. The summed E-state index contributed by atoms with van der Waals surface area (Å²) in [5.41, 5.74) is 1.37. The molecule has 1 aromatic rings. The maximum atomic E-state index is 5.94. The van der Waals surface area contributed by atoms with Crippen molar-refractivity contribution in [3.8, 4) is 0 Å². The standard InChI is InChI=1S/C12H15ClN/c13-12-3-1-2-11(9-12)8-10-4-6-14-7-5-10/h1-3,9-10H,4-8H2. The van der Waals surface area contributed by atoms with Crippen molar-refractivity contribution >= 4 is 11.6 Å². The minimum absolute atomic E-state index is 0.811. The highest BCUT2D eigenvalue weighted by atomic mass is 35.5. The molecule has 0 amide bonds. The van der Waals surface area contributed by atoms with Gasteiger partial charge < -0.3 is 0 Å². The highest BCUT2D eigenvalue weighted by molar-refractivity contribution is 6.30. The van der Waals surface area contributed by atoms with Crippen LogP contribution in [0.5, 0.6) is 0 Å². The average molecular weight is 209 g/mol. The Kier molecular flexibility index (Phi) is 3.44. The van der Waals surface area contributed by atoms with Gasteiger partial charge in [-0.2, -0.15) is 0 Å². The summed E-state index contributed by atoms with van der Waals surface area (Å²) >= 11 is 5.94. The lowest BCUT2D eigenvalue weighted by Crippen LogP contribution is -2.23. The molecule has 0 atom stereocenters. The normalized spacial score (nSPS) is 18.4. The first kappa shape index (κ1) is 10.0. The molecule has 2 heteroatoms. The van der Waals surface area contributed by atoms with E-state index in [-0.39, 0.29) is 0 Å². The number of rotatable bonds is 2. The zero-order valence-corrected chi connectivity index (χ0v) is 9.00. The van der Waals surface area contributed by atoms with Crippen molar-refractivity contribution in [2.75, 3.05) is 13.1 Å². The van der Waals surface area contributed by atoms with E-state index in [4.69, 9.17) is 11.6 Å². The topological polar surface area (TPSA) is 14.1 Å². The SMILES string of the molecule is Clc1cccc(CC2CC[N]CC2)c1. The first-order valence-corrected chi connectivity index (χ1v) is 5.60. The van der Waals surface area contributed by atoms with Gasteiger partial charge >= 0.3 is 0 Å². The van der Waals surface area contributed by atoms with Gasteiger partial charge in [0.2, 0.25) is 0 Å². The fraction of sp³-hybridized carbons (Fsp3) is 0.500. The fourth-order valence-electron chi connectivity index (χ4n) is 2.01. The van der Waals surface area contributed by atoms with Crippen LogP contribution in [0, 0.1) is 5.92 Å². The molecule has 1 radical (unpaired) electrons. The summed E-state index contributed by atoms with van der Waals surface area (Å²) in [5.74, 6) is 0.811. The van der Waals surface area contributed by atoms with Crippen LogP contribution in [-0.4, -0.2) is 13.1 Å². The molecule has 1 nitrogen and oxygen atoms in total. The van der Waals surface area contributed by atoms with Gasteiger partial charge in [0, 0.05) is 18.1 Å². The molecule has 1 heterocycles. The lowest BCUT2D eigenvalue weighted by atomic mass is 9.91. The van der Waals surface area contributed by atoms with Crippen LogP contribution >= 0.6 is 11.6 Å². The lowest BCUT2D eigenvalue weighted by molar-refractivity contribution is 0.368. The second-order valence-electron chi connectivity index (χ2n) is 3.95. The molecule has 1 aromatic carbocycles. The maximum Gasteiger partial charge on any atom is 0.0408 e. The van der Waals surface area contributed by atoms with Gasteiger partial charge in [-0.1, -0.05) is 23.7 Å². The van der Waals surface area contributed by atoms with Gasteiger partial charge in [0.05, 0.1) is 0 Å². The molecule has 0 aliphatic carbocycles. The second kappa shape index (κ2) is 4.81. The number of piperidine rings is 1. The van der Waals surface area contributed by atoms with E-state index in [9.17, 15) is 0 Å². The van der Waals surface area contributed by atoms with E-state index in [1.165, 1.54) is 18.4 Å². The number of nitrogens with zero attached hydrogens (tertiary/aromatic N) is 1. The Morgan fingerprint density at radius 1 is 1.29 bits per heavy atom. The predicted octanol–water partition coefficient (Wildman–Crippen LogP) is 2.90. The van der Waals surface area contributed by atoms with Crippen molar-refractivity contribution in [1.29, 1.82) is 0 Å². The molecule has 0 spiro atoms. The van der Waals surface area contributed by atoms with Gasteiger partial charge in [-0.05, 0) is 42.9 Å². The summed E-state index contributed by atoms with van der Waals surface area (Å²) in [6.07, 6.45) is 3.65. The summed E-state index contributed by atoms with van der Waals surface area (Å²) < 4.78 is 0. The first-order valence-electron chi connectivity index (χ1n) is 5.22. The molecule has 2 rings (SSSR count). The van der Waals surface area contributed by atoms with Gasteiger partial charge in [-0.25, -0.2) is 5.32 Å². The van der Waals surface area contributed by atoms with Gasteiger partial charge in [0.1, 0.15) is 0 Å². The molecule has 1 aliphatic rings. The fourth-order valence-corrected chi connectivity index (χ4v) is 2.22. The van der Waals surface area contributed by atoms with Crippen molar-refractivity contribution in [1.82, 2.24) is 5.32 Å². The van der Waals surface area contributed by atoms with Crippen LogP contribution in [0.1, 0.15) is 18.4 Å². The van der Waals surface area contributed by atoms with Gasteiger partial charge in [0.15, 0.2) is 0 Å². The Bertz CT molecular complexity index is 292. The van der Waals surface area contributed by atoms with E-state index >= 15 is 0 Å². The Hall–Kier alpha value is -0.530. The lowest BCUT2D eigenvalue weighted by Gasteiger charge is -2.21. The van der Waals surface area contributed by atoms with Gasteiger partial charge in [0.25, 0.3) is 0 Å². The summed E-state index contributed by atoms with van der Waals surface area (Å²) in [4.78, 5) is 0. The first-order chi connectivity index (χ1) is 6.84. The summed E-state index contributed by atoms with van der Waals surface area (Å²) in [7, 11) is 0. The second-order valence-corrected chi connectivity index (χ2v) is 4.38. The van der Waals surface area contributed by atoms with Crippen molar-refractivity contribution < 1.29 is 0 Å². The largest absolute Gasteiger partial charge is 0.242 e. The zero-order valence-electron chi connectivity index (χ0n) is 8.25. The van der Waals surface area contributed by atoms with E-state index in [0.29, 0.717) is 0 Å². The molecule has 0 bridgehead atoms. The molecule has 0 unspecified atom stereocenters. The summed E-state index contributed by atoms with van der Waals surface area (Å²) in [6, 6.07) is 8.21. The summed E-state index contributed by atoms with van der Waals surface area (Å²) in [6.45, 7) is 2.09. The Labute approximate surface area is 90.5 Å². The third kappa shape index (κ3) is 2.73. The molecule has 0 aromatic heterocycles. The number of halogens is 1. The Morgan fingerprint density at radius 3 is 2.79 bits per heavy atom. The monoisotopic (exact) mass is 208 g/mol. The van der Waals surface area contributed by atoms with Crippen LogP contribution in [0.25, 0.3) is 0 Å². The molecule has 14 heavy (non-hydrogen) atoms. The predicted molar refractivity (Wildman–Crippen MR) is 59.7 cm³/mol. The minimum atomic E-state index is 0.811. The van der Waals surface area contributed by atoms with E-state index in [1.54, 1.807) is 0 Å². The van der Waals surface area contributed by atoms with Crippen LogP contribution in [0.15, 0.2) is 24.3 Å².